The molecule has 0 spiro atoms. The Bertz CT molecular complexity index is 443. The second-order valence-corrected chi connectivity index (χ2v) is 5.25. The van der Waals surface area contributed by atoms with Crippen molar-refractivity contribution in [2.24, 2.45) is 4.99 Å². The SMILES string of the molecule is CC1=N[C@H]2CCC[C@@H]1N2[C@@H](CO)c1ccccc1. The smallest absolute Gasteiger partial charge is 0.103 e. The van der Waals surface area contributed by atoms with Crippen LogP contribution in [0, 0.1) is 0 Å². The number of aliphatic hydroxyl groups is 1. The van der Waals surface area contributed by atoms with Gasteiger partial charge in [0.05, 0.1) is 18.7 Å². The zero-order valence-corrected chi connectivity index (χ0v) is 10.8. The Morgan fingerprint density at radius 1 is 1.33 bits per heavy atom. The summed E-state index contributed by atoms with van der Waals surface area (Å²) in [7, 11) is 0. The number of hydrogen-bond donors (Lipinski definition) is 1. The average molecular weight is 244 g/mol. The van der Waals surface area contributed by atoms with Crippen LogP contribution in [-0.2, 0) is 0 Å². The van der Waals surface area contributed by atoms with Crippen molar-refractivity contribution < 1.29 is 5.11 Å². The molecule has 0 amide bonds. The van der Waals surface area contributed by atoms with Crippen molar-refractivity contribution >= 4 is 5.71 Å². The van der Waals surface area contributed by atoms with Crippen LogP contribution in [0.4, 0.5) is 0 Å². The summed E-state index contributed by atoms with van der Waals surface area (Å²) in [4.78, 5) is 7.17. The molecule has 96 valence electrons. The molecule has 1 saturated heterocycles. The minimum Gasteiger partial charge on any atom is -0.394 e. The third-order valence-corrected chi connectivity index (χ3v) is 4.20. The lowest BCUT2D eigenvalue weighted by molar-refractivity contribution is 0.0531. The Morgan fingerprint density at radius 3 is 2.78 bits per heavy atom. The molecule has 2 aliphatic rings. The molecule has 0 saturated carbocycles. The fraction of sp³-hybridized carbons (Fsp3) is 0.533. The standard InChI is InChI=1S/C15H20N2O/c1-11-13-8-5-9-15(16-11)17(13)14(10-18)12-6-3-2-4-7-12/h2-4,6-7,13-15,18H,5,8-10H2,1H3/t13-,14-,15+/m0/s1. The van der Waals surface area contributed by atoms with Gasteiger partial charge in [0.2, 0.25) is 0 Å². The molecule has 3 nitrogen and oxygen atoms in total. The van der Waals surface area contributed by atoms with Gasteiger partial charge >= 0.3 is 0 Å². The summed E-state index contributed by atoms with van der Waals surface area (Å²) in [6, 6.07) is 10.8. The number of rotatable bonds is 3. The zero-order chi connectivity index (χ0) is 12.5. The monoisotopic (exact) mass is 244 g/mol. The molecule has 0 aliphatic carbocycles. The van der Waals surface area contributed by atoms with E-state index in [-0.39, 0.29) is 18.8 Å². The van der Waals surface area contributed by atoms with Crippen molar-refractivity contribution in [3.63, 3.8) is 0 Å². The fourth-order valence-corrected chi connectivity index (χ4v) is 3.35. The van der Waals surface area contributed by atoms with Crippen molar-refractivity contribution in [1.82, 2.24) is 4.90 Å². The number of aliphatic imine (C=N–C) groups is 1. The van der Waals surface area contributed by atoms with Gasteiger partial charge in [-0.2, -0.15) is 0 Å². The van der Waals surface area contributed by atoms with Gasteiger partial charge in [-0.3, -0.25) is 9.89 Å². The Labute approximate surface area is 108 Å². The summed E-state index contributed by atoms with van der Waals surface area (Å²) >= 11 is 0. The average Bonchev–Trinajstić information content (AvgIpc) is 2.59. The number of piperidine rings is 1. The van der Waals surface area contributed by atoms with Crippen LogP contribution in [0.3, 0.4) is 0 Å². The molecule has 1 fully saturated rings. The lowest BCUT2D eigenvalue weighted by Crippen LogP contribution is -2.46. The van der Waals surface area contributed by atoms with Crippen LogP contribution < -0.4 is 0 Å². The fourth-order valence-electron chi connectivity index (χ4n) is 3.35. The van der Waals surface area contributed by atoms with E-state index in [0.717, 1.165) is 6.42 Å². The van der Waals surface area contributed by atoms with Gasteiger partial charge in [-0.05, 0) is 31.7 Å². The number of nitrogens with zero attached hydrogens (tertiary/aromatic N) is 2. The van der Waals surface area contributed by atoms with Gasteiger partial charge in [0.1, 0.15) is 6.17 Å². The normalized spacial score (nSPS) is 29.1. The molecule has 1 aromatic rings. The Hall–Kier alpha value is -1.19. The summed E-state index contributed by atoms with van der Waals surface area (Å²) < 4.78 is 0. The second-order valence-electron chi connectivity index (χ2n) is 5.25. The van der Waals surface area contributed by atoms with E-state index in [1.807, 2.05) is 18.2 Å². The molecular formula is C15H20N2O. The van der Waals surface area contributed by atoms with Crippen LogP contribution in [0.5, 0.6) is 0 Å². The van der Waals surface area contributed by atoms with Gasteiger partial charge in [-0.1, -0.05) is 30.3 Å². The third-order valence-electron chi connectivity index (χ3n) is 4.20. The number of fused-ring (bicyclic) bond motifs is 2. The maximum atomic E-state index is 9.79. The quantitative estimate of drug-likeness (QED) is 0.886. The van der Waals surface area contributed by atoms with Gasteiger partial charge in [0.25, 0.3) is 0 Å². The van der Waals surface area contributed by atoms with E-state index < -0.39 is 0 Å². The van der Waals surface area contributed by atoms with E-state index in [1.165, 1.54) is 24.1 Å². The Kier molecular flexibility index (Phi) is 3.18. The summed E-state index contributed by atoms with van der Waals surface area (Å²) in [6.45, 7) is 2.29. The largest absolute Gasteiger partial charge is 0.394 e. The molecule has 0 unspecified atom stereocenters. The highest BCUT2D eigenvalue weighted by Crippen LogP contribution is 2.37. The lowest BCUT2D eigenvalue weighted by Gasteiger charge is -2.39. The topological polar surface area (TPSA) is 35.8 Å². The highest BCUT2D eigenvalue weighted by molar-refractivity contribution is 5.89. The van der Waals surface area contributed by atoms with Crippen molar-refractivity contribution in [3.05, 3.63) is 35.9 Å². The van der Waals surface area contributed by atoms with Gasteiger partial charge in [-0.15, -0.1) is 0 Å². The second kappa shape index (κ2) is 4.82. The predicted octanol–water partition coefficient (Wildman–Crippen LogP) is 2.38. The molecule has 1 aromatic carbocycles. The third kappa shape index (κ3) is 1.88. The predicted molar refractivity (Wildman–Crippen MR) is 72.6 cm³/mol. The van der Waals surface area contributed by atoms with E-state index >= 15 is 0 Å². The molecule has 3 heteroatoms. The summed E-state index contributed by atoms with van der Waals surface area (Å²) in [5, 5.41) is 9.79. The molecule has 3 atom stereocenters. The first-order valence-electron chi connectivity index (χ1n) is 6.79. The molecule has 1 N–H and O–H groups in total. The van der Waals surface area contributed by atoms with Gasteiger partial charge in [-0.25, -0.2) is 0 Å². The number of benzene rings is 1. The molecule has 18 heavy (non-hydrogen) atoms. The van der Waals surface area contributed by atoms with E-state index in [1.54, 1.807) is 0 Å². The molecule has 0 radical (unpaired) electrons. The van der Waals surface area contributed by atoms with Crippen molar-refractivity contribution in [1.29, 1.82) is 0 Å². The summed E-state index contributed by atoms with van der Waals surface area (Å²) in [6.07, 6.45) is 3.83. The van der Waals surface area contributed by atoms with Crippen LogP contribution in [0.1, 0.15) is 37.8 Å². The van der Waals surface area contributed by atoms with Crippen LogP contribution in [0.15, 0.2) is 35.3 Å². The maximum absolute atomic E-state index is 9.79. The summed E-state index contributed by atoms with van der Waals surface area (Å²) in [5.41, 5.74) is 2.44. The van der Waals surface area contributed by atoms with Crippen LogP contribution in [0.25, 0.3) is 0 Å². The van der Waals surface area contributed by atoms with E-state index in [2.05, 4.69) is 24.0 Å². The van der Waals surface area contributed by atoms with Crippen LogP contribution in [-0.4, -0.2) is 34.5 Å². The maximum Gasteiger partial charge on any atom is 0.103 e. The molecule has 2 heterocycles. The van der Waals surface area contributed by atoms with Crippen molar-refractivity contribution in [3.8, 4) is 0 Å². The van der Waals surface area contributed by atoms with E-state index in [9.17, 15) is 5.11 Å². The van der Waals surface area contributed by atoms with E-state index in [0.29, 0.717) is 6.04 Å². The molecule has 2 aliphatic heterocycles. The molecular weight excluding hydrogens is 224 g/mol. The summed E-state index contributed by atoms with van der Waals surface area (Å²) in [5.74, 6) is 0. The van der Waals surface area contributed by atoms with E-state index in [4.69, 9.17) is 4.99 Å². The first-order valence-corrected chi connectivity index (χ1v) is 6.79. The highest BCUT2D eigenvalue weighted by atomic mass is 16.3. The number of hydrogen-bond acceptors (Lipinski definition) is 3. The first kappa shape index (κ1) is 11.9. The Morgan fingerprint density at radius 2 is 2.11 bits per heavy atom. The number of aliphatic hydroxyl groups excluding tert-OH is 1. The van der Waals surface area contributed by atoms with Gasteiger partial charge < -0.3 is 5.11 Å². The molecule has 2 bridgehead atoms. The van der Waals surface area contributed by atoms with Crippen LogP contribution in [0.2, 0.25) is 0 Å². The zero-order valence-electron chi connectivity index (χ0n) is 10.8. The lowest BCUT2D eigenvalue weighted by atomic mass is 9.95. The molecule has 3 rings (SSSR count). The first-order chi connectivity index (χ1) is 8.81. The molecule has 0 aromatic heterocycles. The minimum absolute atomic E-state index is 0.0858. The Balaban J connectivity index is 1.90. The van der Waals surface area contributed by atoms with Gasteiger partial charge in [0.15, 0.2) is 0 Å². The van der Waals surface area contributed by atoms with Gasteiger partial charge in [0, 0.05) is 5.71 Å². The van der Waals surface area contributed by atoms with Crippen LogP contribution >= 0.6 is 0 Å². The minimum atomic E-state index is 0.0858. The van der Waals surface area contributed by atoms with Crippen molar-refractivity contribution in [2.45, 2.75) is 44.4 Å². The van der Waals surface area contributed by atoms with Crippen molar-refractivity contribution in [2.75, 3.05) is 6.61 Å². The highest BCUT2D eigenvalue weighted by Gasteiger charge is 2.41.